The molecule has 2 aromatic rings. The minimum absolute atomic E-state index is 0.0709. The van der Waals surface area contributed by atoms with Crippen LogP contribution in [0.5, 0.6) is 0 Å². The number of halogens is 1. The van der Waals surface area contributed by atoms with Gasteiger partial charge in [0.05, 0.1) is 4.92 Å². The lowest BCUT2D eigenvalue weighted by atomic mass is 10.3. The number of nitrogens with zero attached hydrogens (tertiary/aromatic N) is 3. The van der Waals surface area contributed by atoms with Gasteiger partial charge in [-0.15, -0.1) is 0 Å². The second-order valence-corrected chi connectivity index (χ2v) is 3.77. The van der Waals surface area contributed by atoms with Gasteiger partial charge in [-0.3, -0.25) is 10.1 Å². The van der Waals surface area contributed by atoms with E-state index in [0.717, 1.165) is 0 Å². The molecule has 0 saturated heterocycles. The van der Waals surface area contributed by atoms with Crippen LogP contribution in [-0.4, -0.2) is 21.9 Å². The van der Waals surface area contributed by atoms with Crippen LogP contribution < -0.4 is 16.4 Å². The first kappa shape index (κ1) is 13.5. The highest BCUT2D eigenvalue weighted by Crippen LogP contribution is 2.31. The van der Waals surface area contributed by atoms with Crippen molar-refractivity contribution >= 4 is 29.0 Å². The van der Waals surface area contributed by atoms with E-state index in [1.165, 1.54) is 24.3 Å². The largest absolute Gasteiger partial charge is 0.378 e. The van der Waals surface area contributed by atoms with Crippen molar-refractivity contribution in [3.8, 4) is 0 Å². The normalized spacial score (nSPS) is 10.1. The molecule has 0 fully saturated rings. The third-order valence-electron chi connectivity index (χ3n) is 2.42. The summed E-state index contributed by atoms with van der Waals surface area (Å²) in [6.45, 7) is 0. The Hall–Kier alpha value is -2.97. The Kier molecular flexibility index (Phi) is 3.60. The van der Waals surface area contributed by atoms with Crippen molar-refractivity contribution in [2.75, 3.05) is 23.4 Å². The quantitative estimate of drug-likeness (QED) is 0.577. The van der Waals surface area contributed by atoms with Crippen molar-refractivity contribution in [1.82, 2.24) is 9.97 Å². The summed E-state index contributed by atoms with van der Waals surface area (Å²) in [5.74, 6) is -0.613. The van der Waals surface area contributed by atoms with E-state index < -0.39 is 16.4 Å². The predicted octanol–water partition coefficient (Wildman–Crippen LogP) is 1.89. The smallest absolute Gasteiger partial charge is 0.353 e. The van der Waals surface area contributed by atoms with Gasteiger partial charge in [-0.25, -0.2) is 4.39 Å². The highest BCUT2D eigenvalue weighted by atomic mass is 19.1. The van der Waals surface area contributed by atoms with Crippen LogP contribution in [0.15, 0.2) is 24.3 Å². The summed E-state index contributed by atoms with van der Waals surface area (Å²) in [7, 11) is 1.56. The first-order chi connectivity index (χ1) is 9.51. The third kappa shape index (κ3) is 2.71. The zero-order valence-corrected chi connectivity index (χ0v) is 10.4. The Bertz CT molecular complexity index is 646. The number of nitrogen functional groups attached to an aromatic ring is 1. The number of nitrogens with two attached hydrogens (primary N) is 1. The number of rotatable bonds is 4. The van der Waals surface area contributed by atoms with Crippen LogP contribution >= 0.6 is 0 Å². The van der Waals surface area contributed by atoms with Crippen LogP contribution in [-0.2, 0) is 0 Å². The molecule has 4 N–H and O–H groups in total. The Morgan fingerprint density at radius 1 is 1.30 bits per heavy atom. The lowest BCUT2D eigenvalue weighted by Gasteiger charge is -2.09. The van der Waals surface area contributed by atoms with E-state index in [2.05, 4.69) is 20.6 Å². The highest BCUT2D eigenvalue weighted by Gasteiger charge is 2.23. The number of benzene rings is 1. The Morgan fingerprint density at radius 3 is 2.50 bits per heavy atom. The molecule has 8 nitrogen and oxygen atoms in total. The summed E-state index contributed by atoms with van der Waals surface area (Å²) in [6, 6.07) is 5.29. The number of nitrogens with one attached hydrogen (secondary N) is 2. The van der Waals surface area contributed by atoms with E-state index in [1.54, 1.807) is 7.05 Å². The molecule has 0 atom stereocenters. The first-order valence-electron chi connectivity index (χ1n) is 5.53. The van der Waals surface area contributed by atoms with Gasteiger partial charge in [-0.05, 0) is 24.3 Å². The van der Waals surface area contributed by atoms with Gasteiger partial charge in [0, 0.05) is 12.7 Å². The molecule has 1 aromatic carbocycles. The molecule has 0 aliphatic heterocycles. The van der Waals surface area contributed by atoms with Crippen LogP contribution in [0, 0.1) is 15.9 Å². The van der Waals surface area contributed by atoms with Gasteiger partial charge >= 0.3 is 5.69 Å². The molecule has 1 heterocycles. The van der Waals surface area contributed by atoms with Crippen LogP contribution in [0.25, 0.3) is 0 Å². The Balaban J connectivity index is 2.45. The van der Waals surface area contributed by atoms with E-state index in [0.29, 0.717) is 5.69 Å². The van der Waals surface area contributed by atoms with Crippen molar-refractivity contribution in [3.63, 3.8) is 0 Å². The topological polar surface area (TPSA) is 119 Å². The number of nitro groups is 1. The average molecular weight is 278 g/mol. The van der Waals surface area contributed by atoms with Gasteiger partial charge < -0.3 is 16.4 Å². The molecule has 0 saturated carbocycles. The van der Waals surface area contributed by atoms with Crippen LogP contribution in [0.4, 0.5) is 33.3 Å². The van der Waals surface area contributed by atoms with E-state index >= 15 is 0 Å². The Morgan fingerprint density at radius 2 is 1.95 bits per heavy atom. The molecule has 0 aliphatic rings. The molecule has 0 unspecified atom stereocenters. The molecule has 20 heavy (non-hydrogen) atoms. The number of hydrogen-bond acceptors (Lipinski definition) is 7. The van der Waals surface area contributed by atoms with Crippen LogP contribution in [0.2, 0.25) is 0 Å². The Labute approximate surface area is 113 Å². The molecule has 1 aromatic heterocycles. The fourth-order valence-electron chi connectivity index (χ4n) is 1.52. The van der Waals surface area contributed by atoms with Gasteiger partial charge in [0.1, 0.15) is 5.82 Å². The molecule has 9 heteroatoms. The molecule has 0 aliphatic carbocycles. The van der Waals surface area contributed by atoms with Crippen molar-refractivity contribution < 1.29 is 9.31 Å². The van der Waals surface area contributed by atoms with Crippen LogP contribution in [0.3, 0.4) is 0 Å². The molecule has 0 amide bonds. The lowest BCUT2D eigenvalue weighted by molar-refractivity contribution is -0.383. The first-order valence-corrected chi connectivity index (χ1v) is 5.53. The minimum Gasteiger partial charge on any atom is -0.378 e. The average Bonchev–Trinajstić information content (AvgIpc) is 2.40. The lowest BCUT2D eigenvalue weighted by Crippen LogP contribution is -2.08. The number of aromatic nitrogens is 2. The second-order valence-electron chi connectivity index (χ2n) is 3.77. The van der Waals surface area contributed by atoms with Crippen molar-refractivity contribution in [2.45, 2.75) is 0 Å². The van der Waals surface area contributed by atoms with Gasteiger partial charge in [-0.1, -0.05) is 0 Å². The molecule has 104 valence electrons. The van der Waals surface area contributed by atoms with Crippen molar-refractivity contribution in [2.24, 2.45) is 0 Å². The minimum atomic E-state index is -0.680. The zero-order chi connectivity index (χ0) is 14.7. The molecular formula is C11H11FN6O2. The molecular weight excluding hydrogens is 267 g/mol. The SMILES string of the molecule is CNc1nc(N)c([N+](=O)[O-])c(Nc2ccc(F)cc2)n1. The summed E-state index contributed by atoms with van der Waals surface area (Å²) in [4.78, 5) is 18.0. The maximum atomic E-state index is 12.8. The van der Waals surface area contributed by atoms with Crippen molar-refractivity contribution in [3.05, 3.63) is 40.2 Å². The van der Waals surface area contributed by atoms with Crippen molar-refractivity contribution in [1.29, 1.82) is 0 Å². The van der Waals surface area contributed by atoms with E-state index in [9.17, 15) is 14.5 Å². The van der Waals surface area contributed by atoms with E-state index in [-0.39, 0.29) is 17.6 Å². The fourth-order valence-corrected chi connectivity index (χ4v) is 1.52. The fraction of sp³-hybridized carbons (Fsp3) is 0.0909. The maximum Gasteiger partial charge on any atom is 0.353 e. The third-order valence-corrected chi connectivity index (χ3v) is 2.42. The van der Waals surface area contributed by atoms with Crippen LogP contribution in [0.1, 0.15) is 0 Å². The summed E-state index contributed by atoms with van der Waals surface area (Å²) in [5, 5.41) is 16.4. The molecule has 0 spiro atoms. The number of anilines is 4. The van der Waals surface area contributed by atoms with E-state index in [1.807, 2.05) is 0 Å². The predicted molar refractivity (Wildman–Crippen MR) is 72.3 cm³/mol. The molecule has 0 radical (unpaired) electrons. The van der Waals surface area contributed by atoms with Gasteiger partial charge in [0.25, 0.3) is 0 Å². The zero-order valence-electron chi connectivity index (χ0n) is 10.4. The summed E-state index contributed by atoms with van der Waals surface area (Å²) < 4.78 is 12.8. The molecule has 2 rings (SSSR count). The second kappa shape index (κ2) is 5.34. The molecule has 0 bridgehead atoms. The standard InChI is InChI=1S/C11H11FN6O2/c1-14-11-16-9(13)8(18(19)20)10(17-11)15-7-4-2-6(12)3-5-7/h2-5H,1H3,(H4,13,14,15,16,17). The van der Waals surface area contributed by atoms with Gasteiger partial charge in [-0.2, -0.15) is 9.97 Å². The monoisotopic (exact) mass is 278 g/mol. The van der Waals surface area contributed by atoms with E-state index in [4.69, 9.17) is 5.73 Å². The van der Waals surface area contributed by atoms with Gasteiger partial charge in [0.2, 0.25) is 17.6 Å². The summed E-state index contributed by atoms with van der Waals surface area (Å²) in [6.07, 6.45) is 0. The highest BCUT2D eigenvalue weighted by molar-refractivity contribution is 5.74. The number of hydrogen-bond donors (Lipinski definition) is 3. The summed E-state index contributed by atoms with van der Waals surface area (Å²) >= 11 is 0. The summed E-state index contributed by atoms with van der Waals surface area (Å²) in [5.41, 5.74) is 5.55. The maximum absolute atomic E-state index is 12.8. The van der Waals surface area contributed by atoms with Gasteiger partial charge in [0.15, 0.2) is 0 Å².